The topological polar surface area (TPSA) is 96.8 Å². The van der Waals surface area contributed by atoms with Crippen molar-refractivity contribution in [1.29, 1.82) is 5.26 Å². The van der Waals surface area contributed by atoms with Crippen molar-refractivity contribution >= 4 is 16.5 Å². The molecule has 0 bridgehead atoms. The monoisotopic (exact) mass is 315 g/mol. The van der Waals surface area contributed by atoms with Gasteiger partial charge < -0.3 is 4.74 Å². The van der Waals surface area contributed by atoms with Crippen LogP contribution in [0.15, 0.2) is 18.2 Å². The molecule has 0 atom stereocenters. The standard InChI is InChI=1S/C11H8F3N5OS/c12-11(13,14)7-3-6(4-15)1-2-8(7)20-5-9-18-19-10(17-16)21-9/h1-3H,5,16H2,(H,17,19). The fraction of sp³-hybridized carbons (Fsp3) is 0.182. The lowest BCUT2D eigenvalue weighted by Gasteiger charge is -2.13. The molecule has 110 valence electrons. The zero-order valence-electron chi connectivity index (χ0n) is 10.3. The van der Waals surface area contributed by atoms with Crippen LogP contribution in [0.25, 0.3) is 0 Å². The number of hydrogen-bond donors (Lipinski definition) is 2. The van der Waals surface area contributed by atoms with E-state index in [1.54, 1.807) is 6.07 Å². The number of rotatable bonds is 4. The van der Waals surface area contributed by atoms with Crippen LogP contribution in [-0.4, -0.2) is 10.2 Å². The fourth-order valence-electron chi connectivity index (χ4n) is 1.46. The highest BCUT2D eigenvalue weighted by Crippen LogP contribution is 2.37. The molecule has 0 saturated carbocycles. The number of alkyl halides is 3. The summed E-state index contributed by atoms with van der Waals surface area (Å²) in [6.07, 6.45) is -4.62. The number of aromatic nitrogens is 2. The molecular formula is C11H8F3N5OS. The number of anilines is 1. The second kappa shape index (κ2) is 5.94. The van der Waals surface area contributed by atoms with Gasteiger partial charge in [0, 0.05) is 0 Å². The minimum absolute atomic E-state index is 0.0970. The summed E-state index contributed by atoms with van der Waals surface area (Å²) in [5.74, 6) is 4.75. The molecule has 2 aromatic rings. The maximum absolute atomic E-state index is 12.9. The molecule has 0 spiro atoms. The molecule has 0 aliphatic rings. The fourth-order valence-corrected chi connectivity index (χ4v) is 2.02. The van der Waals surface area contributed by atoms with Crippen LogP contribution in [-0.2, 0) is 12.8 Å². The Morgan fingerprint density at radius 2 is 2.14 bits per heavy atom. The van der Waals surface area contributed by atoms with Gasteiger partial charge in [0.25, 0.3) is 0 Å². The van der Waals surface area contributed by atoms with Crippen LogP contribution in [0.4, 0.5) is 18.3 Å². The highest BCUT2D eigenvalue weighted by molar-refractivity contribution is 7.15. The van der Waals surface area contributed by atoms with Gasteiger partial charge in [0.15, 0.2) is 5.01 Å². The number of ether oxygens (including phenoxy) is 1. The summed E-state index contributed by atoms with van der Waals surface area (Å²) in [6.45, 7) is -0.186. The number of halogens is 3. The molecule has 21 heavy (non-hydrogen) atoms. The van der Waals surface area contributed by atoms with E-state index in [4.69, 9.17) is 15.8 Å². The molecule has 3 N–H and O–H groups in total. The van der Waals surface area contributed by atoms with E-state index in [0.717, 1.165) is 23.5 Å². The smallest absolute Gasteiger partial charge is 0.420 e. The van der Waals surface area contributed by atoms with Gasteiger partial charge in [0.1, 0.15) is 12.4 Å². The Hall–Kier alpha value is -2.38. The number of nitrogen functional groups attached to an aromatic ring is 1. The Labute approximate surface area is 120 Å². The van der Waals surface area contributed by atoms with Gasteiger partial charge in [-0.25, -0.2) is 5.84 Å². The lowest BCUT2D eigenvalue weighted by Crippen LogP contribution is -2.09. The lowest BCUT2D eigenvalue weighted by atomic mass is 10.1. The summed E-state index contributed by atoms with van der Waals surface area (Å²) in [6, 6.07) is 4.74. The first kappa shape index (κ1) is 15.0. The SMILES string of the molecule is N#Cc1ccc(OCc2nnc(NN)s2)c(C(F)(F)F)c1. The van der Waals surface area contributed by atoms with Crippen molar-refractivity contribution in [2.75, 3.05) is 5.43 Å². The van der Waals surface area contributed by atoms with Crippen molar-refractivity contribution in [3.63, 3.8) is 0 Å². The summed E-state index contributed by atoms with van der Waals surface area (Å²) in [5, 5.41) is 16.7. The molecule has 0 saturated heterocycles. The van der Waals surface area contributed by atoms with Crippen molar-refractivity contribution in [1.82, 2.24) is 10.2 Å². The summed E-state index contributed by atoms with van der Waals surface area (Å²) < 4.78 is 43.8. The molecule has 2 rings (SSSR count). The Morgan fingerprint density at radius 1 is 1.38 bits per heavy atom. The predicted molar refractivity (Wildman–Crippen MR) is 68.2 cm³/mol. The average molecular weight is 315 g/mol. The summed E-state index contributed by atoms with van der Waals surface area (Å²) in [5.41, 5.74) is 1.16. The molecule has 1 heterocycles. The van der Waals surface area contributed by atoms with Crippen molar-refractivity contribution in [2.24, 2.45) is 5.84 Å². The van der Waals surface area contributed by atoms with Crippen molar-refractivity contribution in [2.45, 2.75) is 12.8 Å². The second-order valence-corrected chi connectivity index (χ2v) is 4.82. The molecule has 1 aromatic heterocycles. The Kier molecular flexibility index (Phi) is 4.25. The van der Waals surface area contributed by atoms with Crippen LogP contribution in [0, 0.1) is 11.3 Å². The molecule has 0 amide bonds. The van der Waals surface area contributed by atoms with Crippen LogP contribution in [0.2, 0.25) is 0 Å². The van der Waals surface area contributed by atoms with Crippen LogP contribution in [0.5, 0.6) is 5.75 Å². The number of nitrogens with two attached hydrogens (primary N) is 1. The first-order chi connectivity index (χ1) is 9.94. The van der Waals surface area contributed by atoms with Gasteiger partial charge >= 0.3 is 6.18 Å². The molecule has 10 heteroatoms. The quantitative estimate of drug-likeness (QED) is 0.664. The van der Waals surface area contributed by atoms with Gasteiger partial charge in [0.2, 0.25) is 5.13 Å². The highest BCUT2D eigenvalue weighted by Gasteiger charge is 2.34. The second-order valence-electron chi connectivity index (χ2n) is 3.75. The van der Waals surface area contributed by atoms with Gasteiger partial charge in [-0.05, 0) is 18.2 Å². The van der Waals surface area contributed by atoms with E-state index in [1.807, 2.05) is 0 Å². The Balaban J connectivity index is 2.21. The first-order valence-corrected chi connectivity index (χ1v) is 6.29. The van der Waals surface area contributed by atoms with Crippen LogP contribution in [0.1, 0.15) is 16.1 Å². The van der Waals surface area contributed by atoms with Gasteiger partial charge in [-0.2, -0.15) is 18.4 Å². The van der Waals surface area contributed by atoms with Gasteiger partial charge in [-0.15, -0.1) is 10.2 Å². The number of nitriles is 1. The molecule has 1 aromatic carbocycles. The summed E-state index contributed by atoms with van der Waals surface area (Å²) in [4.78, 5) is 0. The number of hydrazine groups is 1. The maximum Gasteiger partial charge on any atom is 0.420 e. The van der Waals surface area contributed by atoms with Crippen molar-refractivity contribution < 1.29 is 17.9 Å². The highest BCUT2D eigenvalue weighted by atomic mass is 32.1. The van der Waals surface area contributed by atoms with E-state index in [2.05, 4.69) is 15.6 Å². The Bertz CT molecular complexity index is 679. The molecule has 0 unspecified atom stereocenters. The largest absolute Gasteiger partial charge is 0.486 e. The Morgan fingerprint density at radius 3 is 2.71 bits per heavy atom. The molecule has 0 aliphatic carbocycles. The van der Waals surface area contributed by atoms with Gasteiger partial charge in [0.05, 0.1) is 17.2 Å². The van der Waals surface area contributed by atoms with Crippen LogP contribution < -0.4 is 16.0 Å². The number of hydrogen-bond acceptors (Lipinski definition) is 7. The van der Waals surface area contributed by atoms with Crippen LogP contribution >= 0.6 is 11.3 Å². The first-order valence-electron chi connectivity index (χ1n) is 5.47. The third-order valence-corrected chi connectivity index (χ3v) is 3.18. The number of nitrogens with zero attached hydrogens (tertiary/aromatic N) is 3. The number of benzene rings is 1. The van der Waals surface area contributed by atoms with E-state index in [-0.39, 0.29) is 17.9 Å². The third kappa shape index (κ3) is 3.59. The van der Waals surface area contributed by atoms with Crippen molar-refractivity contribution in [3.05, 3.63) is 34.3 Å². The van der Waals surface area contributed by atoms with Gasteiger partial charge in [-0.1, -0.05) is 11.3 Å². The third-order valence-electron chi connectivity index (χ3n) is 2.36. The van der Waals surface area contributed by atoms with E-state index >= 15 is 0 Å². The molecular weight excluding hydrogens is 307 g/mol. The summed E-state index contributed by atoms with van der Waals surface area (Å²) >= 11 is 1.06. The van der Waals surface area contributed by atoms with Gasteiger partial charge in [-0.3, -0.25) is 5.43 Å². The normalized spacial score (nSPS) is 11.0. The summed E-state index contributed by atoms with van der Waals surface area (Å²) in [7, 11) is 0. The zero-order valence-corrected chi connectivity index (χ0v) is 11.1. The molecule has 0 fully saturated rings. The predicted octanol–water partition coefficient (Wildman–Crippen LogP) is 2.29. The molecule has 0 radical (unpaired) electrons. The zero-order chi connectivity index (χ0) is 15.5. The van der Waals surface area contributed by atoms with Crippen molar-refractivity contribution in [3.8, 4) is 11.8 Å². The van der Waals surface area contributed by atoms with E-state index in [9.17, 15) is 13.2 Å². The average Bonchev–Trinajstić information content (AvgIpc) is 2.92. The van der Waals surface area contributed by atoms with Crippen LogP contribution in [0.3, 0.4) is 0 Å². The number of nitrogens with one attached hydrogen (secondary N) is 1. The minimum atomic E-state index is -4.62. The maximum atomic E-state index is 12.9. The van der Waals surface area contributed by atoms with E-state index < -0.39 is 11.7 Å². The lowest BCUT2D eigenvalue weighted by molar-refractivity contribution is -0.139. The minimum Gasteiger partial charge on any atom is -0.486 e. The molecule has 6 nitrogen and oxygen atoms in total. The van der Waals surface area contributed by atoms with E-state index in [1.165, 1.54) is 6.07 Å². The molecule has 0 aliphatic heterocycles. The van der Waals surface area contributed by atoms with E-state index in [0.29, 0.717) is 10.1 Å².